The van der Waals surface area contributed by atoms with Gasteiger partial charge in [0.1, 0.15) is 0 Å². The van der Waals surface area contributed by atoms with Gasteiger partial charge in [0, 0.05) is 21.6 Å². The highest BCUT2D eigenvalue weighted by Crippen LogP contribution is 2.28. The fourth-order valence-electron chi connectivity index (χ4n) is 3.21. The van der Waals surface area contributed by atoms with E-state index >= 15 is 0 Å². The van der Waals surface area contributed by atoms with Gasteiger partial charge in [-0.1, -0.05) is 31.7 Å². The van der Waals surface area contributed by atoms with Crippen molar-refractivity contribution in [2.24, 2.45) is 0 Å². The second kappa shape index (κ2) is 8.81. The van der Waals surface area contributed by atoms with Crippen molar-refractivity contribution in [3.63, 3.8) is 0 Å². The third-order valence-corrected chi connectivity index (χ3v) is 6.84. The average molecular weight is 365 g/mol. The number of amides is 2. The smallest absolute Gasteiger partial charge is 0.261 e. The van der Waals surface area contributed by atoms with E-state index in [0.717, 1.165) is 0 Å². The van der Waals surface area contributed by atoms with Crippen LogP contribution in [0.25, 0.3) is 0 Å². The maximum Gasteiger partial charge on any atom is 0.261 e. The molecule has 2 fully saturated rings. The molecule has 2 aliphatic carbocycles. The average Bonchev–Trinajstić information content (AvgIpc) is 3.31. The molecular weight excluding hydrogens is 340 g/mol. The highest BCUT2D eigenvalue weighted by Gasteiger charge is 2.19. The number of benzene rings is 1. The first kappa shape index (κ1) is 17.7. The number of rotatable bonds is 6. The highest BCUT2D eigenvalue weighted by atomic mass is 32.2. The molecule has 1 aromatic carbocycles. The van der Waals surface area contributed by atoms with Crippen molar-refractivity contribution >= 4 is 35.7 Å². The number of hydrogen-bond donors (Lipinski definition) is 2. The number of carbonyl (C=O) groups is 2. The lowest BCUT2D eigenvalue weighted by Crippen LogP contribution is -2.21. The lowest BCUT2D eigenvalue weighted by Gasteiger charge is -2.11. The molecule has 3 rings (SSSR count). The standard InChI is InChI=1S/C18H24N2O2S2/c21-17(19-23-15-8-1-2-9-15)13-6-5-7-14(12-13)18(22)20-24-16-10-3-4-11-16/h5-7,12,15-16H,1-4,8-11H2,(H,19,21)(H,20,22). The Morgan fingerprint density at radius 1 is 0.792 bits per heavy atom. The molecule has 0 spiro atoms. The quantitative estimate of drug-likeness (QED) is 0.738. The van der Waals surface area contributed by atoms with Gasteiger partial charge in [-0.2, -0.15) is 0 Å². The Hall–Kier alpha value is -1.14. The summed E-state index contributed by atoms with van der Waals surface area (Å²) in [5.74, 6) is -0.241. The summed E-state index contributed by atoms with van der Waals surface area (Å²) >= 11 is 3.05. The summed E-state index contributed by atoms with van der Waals surface area (Å²) in [4.78, 5) is 24.5. The van der Waals surface area contributed by atoms with E-state index in [-0.39, 0.29) is 11.8 Å². The Labute approximate surface area is 152 Å². The summed E-state index contributed by atoms with van der Waals surface area (Å²) in [6.45, 7) is 0. The van der Waals surface area contributed by atoms with Crippen LogP contribution in [-0.4, -0.2) is 22.3 Å². The summed E-state index contributed by atoms with van der Waals surface area (Å²) in [6.07, 6.45) is 9.70. The fraction of sp³-hybridized carbons (Fsp3) is 0.556. The van der Waals surface area contributed by atoms with Crippen LogP contribution in [0, 0.1) is 0 Å². The first-order valence-corrected chi connectivity index (χ1v) is 10.5. The van der Waals surface area contributed by atoms with E-state index in [4.69, 9.17) is 0 Å². The van der Waals surface area contributed by atoms with Crippen molar-refractivity contribution in [2.45, 2.75) is 61.9 Å². The van der Waals surface area contributed by atoms with Crippen LogP contribution in [0.1, 0.15) is 72.1 Å². The monoisotopic (exact) mass is 364 g/mol. The van der Waals surface area contributed by atoms with Crippen molar-refractivity contribution in [1.82, 2.24) is 9.44 Å². The van der Waals surface area contributed by atoms with Gasteiger partial charge in [0.15, 0.2) is 0 Å². The molecule has 0 aromatic heterocycles. The van der Waals surface area contributed by atoms with Crippen molar-refractivity contribution in [3.05, 3.63) is 35.4 Å². The van der Waals surface area contributed by atoms with Gasteiger partial charge in [-0.05, 0) is 67.8 Å². The lowest BCUT2D eigenvalue weighted by atomic mass is 10.1. The van der Waals surface area contributed by atoms with Gasteiger partial charge in [-0.15, -0.1) is 0 Å². The highest BCUT2D eigenvalue weighted by molar-refractivity contribution is 7.98. The van der Waals surface area contributed by atoms with Crippen LogP contribution in [0.3, 0.4) is 0 Å². The van der Waals surface area contributed by atoms with E-state index in [0.29, 0.717) is 21.6 Å². The van der Waals surface area contributed by atoms with Crippen LogP contribution in [0.4, 0.5) is 0 Å². The van der Waals surface area contributed by atoms with E-state index < -0.39 is 0 Å². The molecule has 0 atom stereocenters. The third kappa shape index (κ3) is 4.93. The molecule has 130 valence electrons. The van der Waals surface area contributed by atoms with E-state index in [1.807, 2.05) is 0 Å². The first-order valence-electron chi connectivity index (χ1n) is 8.74. The Kier molecular flexibility index (Phi) is 6.49. The molecule has 2 aliphatic rings. The molecule has 0 radical (unpaired) electrons. The van der Waals surface area contributed by atoms with E-state index in [1.54, 1.807) is 24.3 Å². The fourth-order valence-corrected chi connectivity index (χ4v) is 5.13. The third-order valence-electron chi connectivity index (χ3n) is 4.63. The van der Waals surface area contributed by atoms with Gasteiger partial charge in [-0.3, -0.25) is 19.0 Å². The summed E-state index contributed by atoms with van der Waals surface area (Å²) in [5, 5.41) is 1.06. The molecule has 0 bridgehead atoms. The van der Waals surface area contributed by atoms with Gasteiger partial charge in [0.25, 0.3) is 11.8 Å². The molecule has 4 nitrogen and oxygen atoms in total. The van der Waals surface area contributed by atoms with Crippen molar-refractivity contribution in [3.8, 4) is 0 Å². The molecule has 6 heteroatoms. The molecule has 2 saturated carbocycles. The minimum atomic E-state index is -0.120. The topological polar surface area (TPSA) is 58.2 Å². The summed E-state index contributed by atoms with van der Waals surface area (Å²) < 4.78 is 5.85. The molecule has 24 heavy (non-hydrogen) atoms. The van der Waals surface area contributed by atoms with Crippen LogP contribution < -0.4 is 9.44 Å². The first-order chi connectivity index (χ1) is 11.7. The molecule has 0 unspecified atom stereocenters. The molecule has 0 aliphatic heterocycles. The molecule has 0 heterocycles. The summed E-state index contributed by atoms with van der Waals surface area (Å²) in [6, 6.07) is 6.95. The van der Waals surface area contributed by atoms with E-state index in [1.165, 1.54) is 75.3 Å². The minimum Gasteiger partial charge on any atom is -0.296 e. The molecule has 2 N–H and O–H groups in total. The van der Waals surface area contributed by atoms with E-state index in [9.17, 15) is 9.59 Å². The van der Waals surface area contributed by atoms with Gasteiger partial charge in [-0.25, -0.2) is 0 Å². The van der Waals surface area contributed by atoms with Crippen LogP contribution >= 0.6 is 23.9 Å². The molecule has 1 aromatic rings. The summed E-state index contributed by atoms with van der Waals surface area (Å²) in [7, 11) is 0. The molecule has 2 amide bonds. The normalized spacial score (nSPS) is 18.7. The second-order valence-corrected chi connectivity index (χ2v) is 8.70. The Balaban J connectivity index is 1.52. The van der Waals surface area contributed by atoms with Crippen LogP contribution in [0.5, 0.6) is 0 Å². The van der Waals surface area contributed by atoms with Crippen LogP contribution in [-0.2, 0) is 0 Å². The molecule has 0 saturated heterocycles. The number of hydrogen-bond acceptors (Lipinski definition) is 4. The zero-order valence-corrected chi connectivity index (χ0v) is 15.4. The number of nitrogens with one attached hydrogen (secondary N) is 2. The number of carbonyl (C=O) groups excluding carboxylic acids is 2. The van der Waals surface area contributed by atoms with Gasteiger partial charge in [0.05, 0.1) is 0 Å². The molecular formula is C18H24N2O2S2. The minimum absolute atomic E-state index is 0.120. The SMILES string of the molecule is O=C(NSC1CCCC1)c1cccc(C(=O)NSC2CCCC2)c1. The van der Waals surface area contributed by atoms with Crippen LogP contribution in [0.15, 0.2) is 24.3 Å². The van der Waals surface area contributed by atoms with Crippen molar-refractivity contribution in [2.75, 3.05) is 0 Å². The lowest BCUT2D eigenvalue weighted by molar-refractivity contribution is 0.0983. The maximum atomic E-state index is 12.3. The van der Waals surface area contributed by atoms with Gasteiger partial charge < -0.3 is 0 Å². The summed E-state index contributed by atoms with van der Waals surface area (Å²) in [5.41, 5.74) is 1.08. The van der Waals surface area contributed by atoms with Crippen molar-refractivity contribution in [1.29, 1.82) is 0 Å². The van der Waals surface area contributed by atoms with E-state index in [2.05, 4.69) is 9.44 Å². The Morgan fingerprint density at radius 3 is 1.62 bits per heavy atom. The maximum absolute atomic E-state index is 12.3. The zero-order chi connectivity index (χ0) is 16.8. The van der Waals surface area contributed by atoms with Gasteiger partial charge >= 0.3 is 0 Å². The van der Waals surface area contributed by atoms with Gasteiger partial charge in [0.2, 0.25) is 0 Å². The van der Waals surface area contributed by atoms with Crippen molar-refractivity contribution < 1.29 is 9.59 Å². The Bertz CT molecular complexity index is 535. The predicted octanol–water partition coefficient (Wildman–Crippen LogP) is 4.33. The predicted molar refractivity (Wildman–Crippen MR) is 101 cm³/mol. The Morgan fingerprint density at radius 2 is 1.21 bits per heavy atom. The largest absolute Gasteiger partial charge is 0.296 e. The second-order valence-electron chi connectivity index (χ2n) is 6.49. The van der Waals surface area contributed by atoms with Crippen LogP contribution in [0.2, 0.25) is 0 Å². The zero-order valence-electron chi connectivity index (χ0n) is 13.8.